The number of nitrogens with one attached hydrogen (secondary N) is 1. The third-order valence-electron chi connectivity index (χ3n) is 4.27. The molecular formula is C21H16N4O2. The monoisotopic (exact) mass is 356 g/mol. The van der Waals surface area contributed by atoms with Crippen molar-refractivity contribution in [2.75, 3.05) is 0 Å². The van der Waals surface area contributed by atoms with Crippen LogP contribution < -0.4 is 10.9 Å². The lowest BCUT2D eigenvalue weighted by atomic mass is 10.1. The Morgan fingerprint density at radius 3 is 2.30 bits per heavy atom. The minimum Gasteiger partial charge on any atom is -0.331 e. The Kier molecular flexibility index (Phi) is 4.45. The number of para-hydroxylation sites is 2. The van der Waals surface area contributed by atoms with Gasteiger partial charge in [-0.25, -0.2) is 5.43 Å². The molecule has 27 heavy (non-hydrogen) atoms. The van der Waals surface area contributed by atoms with Gasteiger partial charge in [0, 0.05) is 28.7 Å². The number of hydrogen-bond acceptors (Lipinski definition) is 4. The van der Waals surface area contributed by atoms with Crippen molar-refractivity contribution in [2.24, 2.45) is 5.10 Å². The van der Waals surface area contributed by atoms with Crippen molar-refractivity contribution < 1.29 is 4.79 Å². The van der Waals surface area contributed by atoms with Crippen molar-refractivity contribution in [2.45, 2.75) is 6.54 Å². The van der Waals surface area contributed by atoms with E-state index in [2.05, 4.69) is 15.5 Å². The number of fused-ring (bicyclic) bond motifs is 2. The van der Waals surface area contributed by atoms with E-state index in [0.717, 1.165) is 5.56 Å². The Morgan fingerprint density at radius 2 is 1.67 bits per heavy atom. The van der Waals surface area contributed by atoms with Gasteiger partial charge in [0.15, 0.2) is 5.43 Å². The molecule has 1 amide bonds. The number of carbonyl (C=O) groups is 1. The molecule has 0 aliphatic rings. The molecule has 0 aliphatic carbocycles. The summed E-state index contributed by atoms with van der Waals surface area (Å²) in [6.45, 7) is 0.0473. The largest absolute Gasteiger partial charge is 0.331 e. The first kappa shape index (κ1) is 16.7. The number of hydrazone groups is 1. The topological polar surface area (TPSA) is 76.3 Å². The number of carbonyl (C=O) groups excluding carboxylic acids is 1. The number of amides is 1. The van der Waals surface area contributed by atoms with Crippen LogP contribution in [0.4, 0.5) is 0 Å². The molecule has 2 aromatic heterocycles. The Bertz CT molecular complexity index is 1150. The maximum atomic E-state index is 12.7. The lowest BCUT2D eigenvalue weighted by Gasteiger charge is -2.14. The summed E-state index contributed by atoms with van der Waals surface area (Å²) in [7, 11) is 0. The van der Waals surface area contributed by atoms with Gasteiger partial charge in [-0.1, -0.05) is 30.3 Å². The summed E-state index contributed by atoms with van der Waals surface area (Å²) in [6, 6.07) is 18.2. The molecule has 2 heterocycles. The molecule has 0 saturated carbocycles. The van der Waals surface area contributed by atoms with Crippen molar-refractivity contribution in [1.29, 1.82) is 0 Å². The summed E-state index contributed by atoms with van der Waals surface area (Å²) in [5, 5.41) is 5.15. The molecule has 2 aromatic carbocycles. The fourth-order valence-electron chi connectivity index (χ4n) is 3.06. The molecule has 4 rings (SSSR count). The van der Waals surface area contributed by atoms with E-state index in [1.165, 1.54) is 6.21 Å². The number of aromatic nitrogens is 2. The van der Waals surface area contributed by atoms with Gasteiger partial charge in [0.25, 0.3) is 5.91 Å². The second-order valence-corrected chi connectivity index (χ2v) is 6.03. The van der Waals surface area contributed by atoms with Crippen LogP contribution in [0.3, 0.4) is 0 Å². The van der Waals surface area contributed by atoms with Gasteiger partial charge in [-0.2, -0.15) is 5.10 Å². The highest BCUT2D eigenvalue weighted by molar-refractivity contribution is 5.95. The van der Waals surface area contributed by atoms with Gasteiger partial charge in [0.2, 0.25) is 0 Å². The van der Waals surface area contributed by atoms with Gasteiger partial charge in [-0.3, -0.25) is 14.6 Å². The quantitative estimate of drug-likeness (QED) is 0.347. The zero-order valence-electron chi connectivity index (χ0n) is 14.4. The molecule has 6 nitrogen and oxygen atoms in total. The summed E-state index contributed by atoms with van der Waals surface area (Å²) in [6.07, 6.45) is 4.85. The first-order chi connectivity index (χ1) is 13.2. The zero-order valence-corrected chi connectivity index (χ0v) is 14.4. The van der Waals surface area contributed by atoms with Crippen molar-refractivity contribution in [3.8, 4) is 0 Å². The minimum absolute atomic E-state index is 0.0348. The average Bonchev–Trinajstić information content (AvgIpc) is 2.72. The molecule has 1 N–H and O–H groups in total. The molecule has 0 spiro atoms. The van der Waals surface area contributed by atoms with Gasteiger partial charge >= 0.3 is 0 Å². The summed E-state index contributed by atoms with van der Waals surface area (Å²) >= 11 is 0. The first-order valence-corrected chi connectivity index (χ1v) is 8.46. The van der Waals surface area contributed by atoms with Crippen molar-refractivity contribution in [3.63, 3.8) is 0 Å². The number of pyridine rings is 2. The van der Waals surface area contributed by atoms with Crippen LogP contribution in [0.15, 0.2) is 83.0 Å². The Morgan fingerprint density at radius 1 is 1.00 bits per heavy atom. The van der Waals surface area contributed by atoms with Crippen LogP contribution in [0.2, 0.25) is 0 Å². The second kappa shape index (κ2) is 7.21. The SMILES string of the molecule is O=C(Cn1c2ccccc2c(=O)c2ccccc21)NN=Cc1cccnc1. The lowest BCUT2D eigenvalue weighted by molar-refractivity contribution is -0.121. The molecule has 6 heteroatoms. The van der Waals surface area contributed by atoms with Gasteiger partial charge in [0.1, 0.15) is 6.54 Å². The van der Waals surface area contributed by atoms with Gasteiger partial charge < -0.3 is 4.57 Å². The summed E-state index contributed by atoms with van der Waals surface area (Å²) in [4.78, 5) is 29.1. The highest BCUT2D eigenvalue weighted by atomic mass is 16.2. The Labute approximate surface area is 154 Å². The number of hydrogen-bond donors (Lipinski definition) is 1. The van der Waals surface area contributed by atoms with Crippen molar-refractivity contribution in [3.05, 3.63) is 88.8 Å². The lowest BCUT2D eigenvalue weighted by Crippen LogP contribution is -2.25. The maximum Gasteiger partial charge on any atom is 0.260 e. The predicted molar refractivity (Wildman–Crippen MR) is 106 cm³/mol. The third kappa shape index (κ3) is 3.32. The fraction of sp³-hybridized carbons (Fsp3) is 0.0476. The van der Waals surface area contributed by atoms with E-state index in [-0.39, 0.29) is 17.9 Å². The molecule has 0 saturated heterocycles. The van der Waals surface area contributed by atoms with E-state index in [4.69, 9.17) is 0 Å². The smallest absolute Gasteiger partial charge is 0.260 e. The molecule has 0 aliphatic heterocycles. The van der Waals surface area contributed by atoms with Gasteiger partial charge in [0.05, 0.1) is 17.2 Å². The molecule has 0 fully saturated rings. The van der Waals surface area contributed by atoms with E-state index in [1.807, 2.05) is 47.0 Å². The summed E-state index contributed by atoms with van der Waals surface area (Å²) in [5.74, 6) is -0.283. The van der Waals surface area contributed by atoms with E-state index >= 15 is 0 Å². The fourth-order valence-corrected chi connectivity index (χ4v) is 3.06. The van der Waals surface area contributed by atoms with E-state index in [0.29, 0.717) is 21.8 Å². The van der Waals surface area contributed by atoms with E-state index < -0.39 is 0 Å². The zero-order chi connectivity index (χ0) is 18.6. The molecule has 0 bridgehead atoms. The predicted octanol–water partition coefficient (Wildman–Crippen LogP) is 2.70. The molecular weight excluding hydrogens is 340 g/mol. The van der Waals surface area contributed by atoms with Gasteiger partial charge in [-0.05, 0) is 30.3 Å². The summed E-state index contributed by atoms with van der Waals surface area (Å²) in [5.41, 5.74) is 4.71. The normalized spacial score (nSPS) is 11.3. The van der Waals surface area contributed by atoms with Crippen LogP contribution in [0.25, 0.3) is 21.8 Å². The number of nitrogens with zero attached hydrogens (tertiary/aromatic N) is 3. The highest BCUT2D eigenvalue weighted by Crippen LogP contribution is 2.18. The summed E-state index contributed by atoms with van der Waals surface area (Å²) < 4.78 is 1.83. The van der Waals surface area contributed by atoms with Crippen LogP contribution in [0.5, 0.6) is 0 Å². The number of rotatable bonds is 4. The van der Waals surface area contributed by atoms with Crippen molar-refractivity contribution >= 4 is 33.9 Å². The van der Waals surface area contributed by atoms with E-state index in [1.54, 1.807) is 30.6 Å². The third-order valence-corrected chi connectivity index (χ3v) is 4.27. The second-order valence-electron chi connectivity index (χ2n) is 6.03. The first-order valence-electron chi connectivity index (χ1n) is 8.46. The minimum atomic E-state index is -0.283. The molecule has 0 unspecified atom stereocenters. The van der Waals surface area contributed by atoms with Crippen LogP contribution in [-0.2, 0) is 11.3 Å². The van der Waals surface area contributed by atoms with Crippen LogP contribution in [0.1, 0.15) is 5.56 Å². The molecule has 132 valence electrons. The average molecular weight is 356 g/mol. The Hall–Kier alpha value is -3.80. The van der Waals surface area contributed by atoms with Gasteiger partial charge in [-0.15, -0.1) is 0 Å². The highest BCUT2D eigenvalue weighted by Gasteiger charge is 2.12. The molecule has 0 radical (unpaired) electrons. The Balaban J connectivity index is 1.68. The number of benzene rings is 2. The molecule has 4 aromatic rings. The van der Waals surface area contributed by atoms with Crippen molar-refractivity contribution in [1.82, 2.24) is 15.0 Å². The maximum absolute atomic E-state index is 12.7. The standard InChI is InChI=1S/C21H16N4O2/c26-20(24-23-13-15-6-5-11-22-12-15)14-25-18-9-3-1-7-16(18)21(27)17-8-2-4-10-19(17)25/h1-13H,14H2,(H,24,26). The van der Waals surface area contributed by atoms with Crippen LogP contribution >= 0.6 is 0 Å². The molecule has 0 atom stereocenters. The van der Waals surface area contributed by atoms with Crippen LogP contribution in [0, 0.1) is 0 Å². The van der Waals surface area contributed by atoms with Crippen LogP contribution in [-0.4, -0.2) is 21.7 Å². The van der Waals surface area contributed by atoms with E-state index in [9.17, 15) is 9.59 Å².